The van der Waals surface area contributed by atoms with Crippen LogP contribution in [0.3, 0.4) is 0 Å². The lowest BCUT2D eigenvalue weighted by atomic mass is 10.1. The van der Waals surface area contributed by atoms with Crippen LogP contribution in [-0.2, 0) is 14.8 Å². The third-order valence-corrected chi connectivity index (χ3v) is 6.47. The summed E-state index contributed by atoms with van der Waals surface area (Å²) in [6.45, 7) is 1.17. The Morgan fingerprint density at radius 2 is 1.69 bits per heavy atom. The number of hydrazone groups is 1. The van der Waals surface area contributed by atoms with Crippen molar-refractivity contribution in [2.75, 3.05) is 29.5 Å². The predicted octanol–water partition coefficient (Wildman–Crippen LogP) is 3.91. The lowest BCUT2D eigenvalue weighted by Gasteiger charge is -2.22. The van der Waals surface area contributed by atoms with E-state index in [1.807, 2.05) is 6.07 Å². The van der Waals surface area contributed by atoms with E-state index >= 15 is 0 Å². The molecule has 0 unspecified atom stereocenters. The van der Waals surface area contributed by atoms with E-state index in [4.69, 9.17) is 16.3 Å². The summed E-state index contributed by atoms with van der Waals surface area (Å²) in [7, 11) is -2.36. The maximum absolute atomic E-state index is 12.5. The summed E-state index contributed by atoms with van der Waals surface area (Å²) < 4.78 is 30.6. The molecule has 3 aromatic carbocycles. The minimum Gasteiger partial charge on any atom is -0.495 e. The summed E-state index contributed by atoms with van der Waals surface area (Å²) in [5.41, 5.74) is 4.77. The quantitative estimate of drug-likeness (QED) is 0.322. The van der Waals surface area contributed by atoms with Gasteiger partial charge in [-0.05, 0) is 55.0 Å². The van der Waals surface area contributed by atoms with Crippen molar-refractivity contribution in [2.45, 2.75) is 6.92 Å². The van der Waals surface area contributed by atoms with Gasteiger partial charge in [0.15, 0.2) is 0 Å². The molecule has 188 valence electrons. The van der Waals surface area contributed by atoms with Gasteiger partial charge in [0.05, 0.1) is 29.8 Å². The highest BCUT2D eigenvalue weighted by atomic mass is 35.5. The summed E-state index contributed by atoms with van der Waals surface area (Å²) in [6, 6.07) is 20.2. The van der Waals surface area contributed by atoms with Crippen LogP contribution < -0.4 is 19.8 Å². The number of sulfonamides is 1. The number of ether oxygens (including phenoxy) is 1. The molecule has 0 aliphatic carbocycles. The Labute approximate surface area is 214 Å². The van der Waals surface area contributed by atoms with Crippen LogP contribution in [-0.4, -0.2) is 45.9 Å². The molecular formula is C25H25ClN4O5S. The maximum Gasteiger partial charge on any atom is 0.260 e. The molecule has 11 heteroatoms. The van der Waals surface area contributed by atoms with E-state index in [0.717, 1.165) is 10.6 Å². The van der Waals surface area contributed by atoms with Gasteiger partial charge in [0.1, 0.15) is 12.3 Å². The van der Waals surface area contributed by atoms with Crippen LogP contribution in [0.4, 0.5) is 11.4 Å². The molecule has 36 heavy (non-hydrogen) atoms. The molecule has 3 rings (SSSR count). The number of nitrogens with one attached hydrogen (secondary N) is 2. The van der Waals surface area contributed by atoms with Crippen molar-refractivity contribution in [2.24, 2.45) is 5.10 Å². The third-order valence-electron chi connectivity index (χ3n) is 5.03. The third kappa shape index (κ3) is 7.06. The van der Waals surface area contributed by atoms with Gasteiger partial charge >= 0.3 is 0 Å². The molecule has 0 aromatic heterocycles. The number of benzene rings is 3. The average molecular weight is 529 g/mol. The first kappa shape index (κ1) is 26.7. The van der Waals surface area contributed by atoms with Crippen molar-refractivity contribution < 1.29 is 22.7 Å². The fraction of sp³-hybridized carbons (Fsp3) is 0.160. The molecule has 0 saturated heterocycles. The largest absolute Gasteiger partial charge is 0.495 e. The molecule has 3 aromatic rings. The second-order valence-electron chi connectivity index (χ2n) is 7.72. The van der Waals surface area contributed by atoms with E-state index in [-0.39, 0.29) is 16.6 Å². The van der Waals surface area contributed by atoms with E-state index in [0.29, 0.717) is 28.3 Å². The number of anilines is 2. The molecule has 9 nitrogen and oxygen atoms in total. The zero-order valence-corrected chi connectivity index (χ0v) is 21.4. The molecule has 0 spiro atoms. The Morgan fingerprint density at radius 3 is 2.33 bits per heavy atom. The number of carbonyl (C=O) groups is 2. The van der Waals surface area contributed by atoms with Crippen LogP contribution in [0, 0.1) is 0 Å². The average Bonchev–Trinajstić information content (AvgIpc) is 2.85. The highest BCUT2D eigenvalue weighted by Crippen LogP contribution is 2.30. The molecule has 0 aliphatic rings. The van der Waals surface area contributed by atoms with Gasteiger partial charge in [-0.15, -0.1) is 0 Å². The Bertz CT molecular complexity index is 1390. The number of rotatable bonds is 9. The predicted molar refractivity (Wildman–Crippen MR) is 141 cm³/mol. The molecule has 0 saturated carbocycles. The number of hydrogen-bond acceptors (Lipinski definition) is 6. The molecule has 2 amide bonds. The van der Waals surface area contributed by atoms with E-state index < -0.39 is 22.5 Å². The zero-order chi connectivity index (χ0) is 26.3. The number of halogens is 1. The molecule has 0 bridgehead atoms. The summed E-state index contributed by atoms with van der Waals surface area (Å²) in [5, 5.41) is 7.11. The van der Waals surface area contributed by atoms with Crippen LogP contribution >= 0.6 is 11.6 Å². The van der Waals surface area contributed by atoms with E-state index in [2.05, 4.69) is 15.8 Å². The summed E-state index contributed by atoms with van der Waals surface area (Å²) in [4.78, 5) is 24.9. The minimum atomic E-state index is -3.80. The number of carbonyl (C=O) groups excluding carboxylic acids is 2. The highest BCUT2D eigenvalue weighted by molar-refractivity contribution is 7.92. The zero-order valence-electron chi connectivity index (χ0n) is 19.9. The Balaban J connectivity index is 1.70. The van der Waals surface area contributed by atoms with Crippen LogP contribution in [0.15, 0.2) is 77.9 Å². The lowest BCUT2D eigenvalue weighted by molar-refractivity contribution is -0.119. The molecule has 0 aliphatic heterocycles. The minimum absolute atomic E-state index is 0.206. The van der Waals surface area contributed by atoms with Crippen LogP contribution in [0.5, 0.6) is 5.75 Å². The van der Waals surface area contributed by atoms with Gasteiger partial charge in [-0.3, -0.25) is 13.9 Å². The first-order valence-corrected chi connectivity index (χ1v) is 12.9. The van der Waals surface area contributed by atoms with E-state index in [1.165, 1.54) is 25.3 Å². The van der Waals surface area contributed by atoms with Gasteiger partial charge in [-0.1, -0.05) is 41.9 Å². The van der Waals surface area contributed by atoms with Crippen molar-refractivity contribution in [3.63, 3.8) is 0 Å². The topological polar surface area (TPSA) is 117 Å². The highest BCUT2D eigenvalue weighted by Gasteiger charge is 2.22. The SMILES string of the molecule is COc1ccc(N(CC(=O)N/N=C(/C)c2cccc(NC(=O)c3ccccc3)c2)S(C)(=O)=O)cc1Cl. The molecule has 0 fully saturated rings. The molecular weight excluding hydrogens is 504 g/mol. The summed E-state index contributed by atoms with van der Waals surface area (Å²) in [5.74, 6) is -0.531. The van der Waals surface area contributed by atoms with Crippen LogP contribution in [0.1, 0.15) is 22.8 Å². The van der Waals surface area contributed by atoms with E-state index in [1.54, 1.807) is 55.5 Å². The van der Waals surface area contributed by atoms with Gasteiger partial charge in [0, 0.05) is 11.3 Å². The number of methoxy groups -OCH3 is 1. The Morgan fingerprint density at radius 1 is 1.00 bits per heavy atom. The van der Waals surface area contributed by atoms with Gasteiger partial charge in [0.2, 0.25) is 10.0 Å². The number of hydrogen-bond donors (Lipinski definition) is 2. The first-order valence-electron chi connectivity index (χ1n) is 10.7. The van der Waals surface area contributed by atoms with Gasteiger partial charge in [-0.25, -0.2) is 13.8 Å². The van der Waals surface area contributed by atoms with Crippen LogP contribution in [0.2, 0.25) is 5.02 Å². The summed E-state index contributed by atoms with van der Waals surface area (Å²) >= 11 is 6.11. The van der Waals surface area contributed by atoms with Crippen molar-refractivity contribution in [3.05, 3.63) is 88.9 Å². The standard InChI is InChI=1S/C25H25ClN4O5S/c1-17(19-10-7-11-20(14-19)27-25(32)18-8-5-4-6-9-18)28-29-24(31)16-30(36(3,33)34)21-12-13-23(35-2)22(26)15-21/h4-15H,16H2,1-3H3,(H,27,32)(H,29,31)/b28-17-. The fourth-order valence-corrected chi connectivity index (χ4v) is 4.30. The Hall–Kier alpha value is -3.89. The summed E-state index contributed by atoms with van der Waals surface area (Å²) in [6.07, 6.45) is 0.988. The second kappa shape index (κ2) is 11.7. The van der Waals surface area contributed by atoms with Gasteiger partial charge < -0.3 is 10.1 Å². The van der Waals surface area contributed by atoms with E-state index in [9.17, 15) is 18.0 Å². The fourth-order valence-electron chi connectivity index (χ4n) is 3.20. The molecule has 2 N–H and O–H groups in total. The first-order chi connectivity index (χ1) is 17.1. The molecule has 0 radical (unpaired) electrons. The lowest BCUT2D eigenvalue weighted by Crippen LogP contribution is -2.39. The smallest absolute Gasteiger partial charge is 0.260 e. The maximum atomic E-state index is 12.5. The second-order valence-corrected chi connectivity index (χ2v) is 10.0. The van der Waals surface area contributed by atoms with Crippen molar-refractivity contribution in [3.8, 4) is 5.75 Å². The molecule has 0 heterocycles. The van der Waals surface area contributed by atoms with Crippen LogP contribution in [0.25, 0.3) is 0 Å². The van der Waals surface area contributed by atoms with Gasteiger partial charge in [-0.2, -0.15) is 5.10 Å². The van der Waals surface area contributed by atoms with Crippen molar-refractivity contribution in [1.82, 2.24) is 5.43 Å². The molecule has 0 atom stereocenters. The Kier molecular flexibility index (Phi) is 8.68. The number of amides is 2. The van der Waals surface area contributed by atoms with Crippen molar-refractivity contribution in [1.29, 1.82) is 0 Å². The van der Waals surface area contributed by atoms with Crippen molar-refractivity contribution >= 4 is 50.5 Å². The number of nitrogens with zero attached hydrogens (tertiary/aromatic N) is 2. The normalized spacial score (nSPS) is 11.5. The van der Waals surface area contributed by atoms with Gasteiger partial charge in [0.25, 0.3) is 11.8 Å². The monoisotopic (exact) mass is 528 g/mol.